The topological polar surface area (TPSA) is 38.9 Å². The van der Waals surface area contributed by atoms with Crippen LogP contribution in [0, 0.1) is 31.4 Å². The van der Waals surface area contributed by atoms with Gasteiger partial charge in [0, 0.05) is 31.7 Å². The predicted octanol–water partition coefficient (Wildman–Crippen LogP) is 13.3. The maximum Gasteiger partial charge on any atom is 0.121 e. The maximum absolute atomic E-state index is 6.23. The number of aromatic nitrogens is 2. The fourth-order valence-electron chi connectivity index (χ4n) is 7.49. The monoisotopic (exact) mass is 953 g/mol. The molecule has 54 heavy (non-hydrogen) atoms. The predicted molar refractivity (Wildman–Crippen MR) is 229 cm³/mol. The molecule has 0 bridgehead atoms. The van der Waals surface area contributed by atoms with Gasteiger partial charge in [0.25, 0.3) is 0 Å². The van der Waals surface area contributed by atoms with E-state index in [1.165, 1.54) is 37.8 Å². The molecular weight excluding hydrogens is 897 g/mol. The third kappa shape index (κ3) is 9.51. The van der Waals surface area contributed by atoms with E-state index in [1.54, 1.807) is 0 Å². The van der Waals surface area contributed by atoms with Crippen LogP contribution in [0.2, 0.25) is 17.3 Å². The van der Waals surface area contributed by atoms with E-state index in [0.717, 1.165) is 63.7 Å². The number of rotatable bonds is 8. The van der Waals surface area contributed by atoms with E-state index in [9.17, 15) is 0 Å². The Kier molecular flexibility index (Phi) is 13.3. The summed E-state index contributed by atoms with van der Waals surface area (Å²) in [5.74, 6) is 7.89. The zero-order valence-electron chi connectivity index (χ0n) is 33.6. The van der Waals surface area contributed by atoms with Crippen LogP contribution in [0.5, 0.6) is 0 Å². The molecule has 4 aromatic carbocycles. The van der Waals surface area contributed by atoms with Gasteiger partial charge in [0.05, 0.1) is 5.58 Å². The molecule has 3 heterocycles. The van der Waals surface area contributed by atoms with Gasteiger partial charge in [-0.05, 0) is 72.7 Å². The first kappa shape index (κ1) is 41.3. The largest absolute Gasteiger partial charge is 0.500 e. The minimum Gasteiger partial charge on any atom is -0.500 e. The molecule has 0 amide bonds. The smallest absolute Gasteiger partial charge is 0.121 e. The molecule has 0 unspecified atom stereocenters. The summed E-state index contributed by atoms with van der Waals surface area (Å²) >= 11 is -1.90. The van der Waals surface area contributed by atoms with E-state index < -0.39 is 13.3 Å². The third-order valence-electron chi connectivity index (χ3n) is 10.2. The van der Waals surface area contributed by atoms with E-state index in [1.807, 2.05) is 30.5 Å². The quantitative estimate of drug-likeness (QED) is 0.113. The molecule has 0 aliphatic heterocycles. The van der Waals surface area contributed by atoms with Crippen molar-refractivity contribution < 1.29 is 24.5 Å². The fourth-order valence-corrected chi connectivity index (χ4v) is 10.8. The van der Waals surface area contributed by atoms with Crippen molar-refractivity contribution in [3.63, 3.8) is 0 Å². The SMILES string of the molecule is CC(C)(C)Cc1cc(-c2[c-]cccc2)nc[c]1[Ge]([CH3])([CH3])[CH3].CCC(CC)c1ccnc(-c2[c-]cc3oc4cc(-c5c(C)cccc5C)ccc4c3c2)c1.[Ir]. The molecule has 0 atom stereocenters. The van der Waals surface area contributed by atoms with Crippen LogP contribution in [0.1, 0.15) is 75.6 Å². The molecule has 0 saturated heterocycles. The Morgan fingerprint density at radius 2 is 1.46 bits per heavy atom. The average molecular weight is 952 g/mol. The molecule has 1 radical (unpaired) electrons. The number of nitrogens with zero attached hydrogens (tertiary/aromatic N) is 2. The summed E-state index contributed by atoms with van der Waals surface area (Å²) in [5, 5.41) is 2.23. The molecule has 3 nitrogen and oxygen atoms in total. The maximum atomic E-state index is 6.23. The van der Waals surface area contributed by atoms with Crippen molar-refractivity contribution in [3.8, 4) is 33.6 Å². The van der Waals surface area contributed by atoms with Gasteiger partial charge < -0.3 is 9.40 Å². The molecular formula is C49H54GeIrN2O-2. The van der Waals surface area contributed by atoms with Crippen LogP contribution >= 0.6 is 0 Å². The third-order valence-corrected chi connectivity index (χ3v) is 14.5. The van der Waals surface area contributed by atoms with Gasteiger partial charge in [0.1, 0.15) is 5.58 Å². The van der Waals surface area contributed by atoms with Crippen LogP contribution in [-0.2, 0) is 26.5 Å². The average Bonchev–Trinajstić information content (AvgIpc) is 3.49. The summed E-state index contributed by atoms with van der Waals surface area (Å²) < 4.78 is 7.76. The second kappa shape index (κ2) is 17.3. The van der Waals surface area contributed by atoms with Crippen molar-refractivity contribution in [2.24, 2.45) is 5.41 Å². The van der Waals surface area contributed by atoms with Crippen LogP contribution in [-0.4, -0.2) is 23.2 Å². The van der Waals surface area contributed by atoms with Crippen molar-refractivity contribution in [2.75, 3.05) is 0 Å². The summed E-state index contributed by atoms with van der Waals surface area (Å²) in [6, 6.07) is 38.5. The fraction of sp³-hybridized carbons (Fsp3) is 0.306. The van der Waals surface area contributed by atoms with Crippen LogP contribution in [0.25, 0.3) is 55.6 Å². The number of aryl methyl sites for hydroxylation is 2. The molecule has 0 N–H and O–H groups in total. The minimum absolute atomic E-state index is 0. The molecule has 0 aliphatic rings. The van der Waals surface area contributed by atoms with Gasteiger partial charge in [-0.15, -0.1) is 23.8 Å². The van der Waals surface area contributed by atoms with E-state index in [-0.39, 0.29) is 20.1 Å². The molecule has 0 spiro atoms. The summed E-state index contributed by atoms with van der Waals surface area (Å²) in [5.41, 5.74) is 14.0. The molecule has 0 saturated carbocycles. The standard InChI is InChI=1S/C30H28NO.C19H26GeN.Ir/c1-5-21(6-2)22-14-15-31-27(17-22)23-11-13-28-26(16-23)25-12-10-24(18-29(25)32-28)30-19(3)8-7-9-20(30)4;1-19(2,3)13-16-12-18(15-10-8-7-9-11-15)21-14-17(16)20(4,5)6;/h7-10,12-18,21H,5-6H2,1-4H3;7-10,12,14H,13H2,1-6H3;/q2*-1;. The Balaban J connectivity index is 0.000000223. The second-order valence-electron chi connectivity index (χ2n) is 16.7. The van der Waals surface area contributed by atoms with E-state index in [2.05, 4.69) is 156 Å². The van der Waals surface area contributed by atoms with Gasteiger partial charge in [-0.25, -0.2) is 0 Å². The Labute approximate surface area is 339 Å². The normalized spacial score (nSPS) is 11.8. The zero-order valence-corrected chi connectivity index (χ0v) is 38.1. The van der Waals surface area contributed by atoms with E-state index in [0.29, 0.717) is 11.3 Å². The van der Waals surface area contributed by atoms with Gasteiger partial charge in [-0.2, -0.15) is 0 Å². The molecule has 0 aliphatic carbocycles. The Bertz CT molecular complexity index is 2320. The number of furan rings is 1. The minimum atomic E-state index is -1.90. The first-order valence-electron chi connectivity index (χ1n) is 19.1. The van der Waals surface area contributed by atoms with E-state index in [4.69, 9.17) is 9.40 Å². The molecule has 0 fully saturated rings. The molecule has 7 aromatic rings. The summed E-state index contributed by atoms with van der Waals surface area (Å²) in [4.78, 5) is 9.36. The first-order valence-corrected chi connectivity index (χ1v) is 26.5. The molecule has 3 aromatic heterocycles. The number of pyridine rings is 2. The van der Waals surface area contributed by atoms with E-state index >= 15 is 0 Å². The summed E-state index contributed by atoms with van der Waals surface area (Å²) in [6.45, 7) is 15.7. The van der Waals surface area contributed by atoms with Gasteiger partial charge in [-0.1, -0.05) is 61.2 Å². The van der Waals surface area contributed by atoms with Crippen LogP contribution in [0.4, 0.5) is 0 Å². The summed E-state index contributed by atoms with van der Waals surface area (Å²) in [6.07, 6.45) is 7.44. The number of fused-ring (bicyclic) bond motifs is 3. The van der Waals surface area contributed by atoms with Crippen molar-refractivity contribution in [1.29, 1.82) is 0 Å². The Morgan fingerprint density at radius 1 is 0.741 bits per heavy atom. The van der Waals surface area contributed by atoms with Crippen molar-refractivity contribution in [1.82, 2.24) is 9.97 Å². The number of hydrogen-bond donors (Lipinski definition) is 0. The Morgan fingerprint density at radius 3 is 2.11 bits per heavy atom. The van der Waals surface area contributed by atoms with Crippen LogP contribution in [0.3, 0.4) is 0 Å². The van der Waals surface area contributed by atoms with Gasteiger partial charge in [0.2, 0.25) is 0 Å². The first-order chi connectivity index (χ1) is 25.3. The van der Waals surface area contributed by atoms with Crippen molar-refractivity contribution >= 4 is 39.6 Å². The Hall–Kier alpha value is -3.83. The van der Waals surface area contributed by atoms with Crippen molar-refractivity contribution in [3.05, 3.63) is 138 Å². The van der Waals surface area contributed by atoms with Gasteiger partial charge in [0.15, 0.2) is 0 Å². The van der Waals surface area contributed by atoms with Crippen LogP contribution < -0.4 is 4.40 Å². The molecule has 7 rings (SSSR count). The van der Waals surface area contributed by atoms with Gasteiger partial charge in [-0.3, -0.25) is 0 Å². The van der Waals surface area contributed by atoms with Crippen LogP contribution in [0.15, 0.2) is 108 Å². The molecule has 5 heteroatoms. The number of hydrogen-bond acceptors (Lipinski definition) is 3. The van der Waals surface area contributed by atoms with Gasteiger partial charge >= 0.3 is 132 Å². The second-order valence-corrected chi connectivity index (χ2v) is 27.3. The molecule has 281 valence electrons. The number of benzene rings is 4. The zero-order chi connectivity index (χ0) is 37.9. The summed E-state index contributed by atoms with van der Waals surface area (Å²) in [7, 11) is 0. The van der Waals surface area contributed by atoms with Crippen molar-refractivity contribution in [2.45, 2.75) is 90.9 Å².